The van der Waals surface area contributed by atoms with Crippen LogP contribution >= 0.6 is 11.6 Å². The molecule has 4 nitrogen and oxygen atoms in total. The normalized spacial score (nSPS) is 17.3. The third kappa shape index (κ3) is 2.36. The lowest BCUT2D eigenvalue weighted by Crippen LogP contribution is -2.53. The summed E-state index contributed by atoms with van der Waals surface area (Å²) in [6.45, 7) is 2.09. The van der Waals surface area contributed by atoms with Crippen molar-refractivity contribution in [3.8, 4) is 0 Å². The second-order valence-electron chi connectivity index (χ2n) is 4.53. The average molecular weight is 254 g/mol. The van der Waals surface area contributed by atoms with Crippen LogP contribution in [-0.2, 0) is 0 Å². The molecule has 1 aliphatic carbocycles. The molecule has 0 atom stereocenters. The van der Waals surface area contributed by atoms with E-state index in [4.69, 9.17) is 17.3 Å². The summed E-state index contributed by atoms with van der Waals surface area (Å²) in [5, 5.41) is 3.38. The van der Waals surface area contributed by atoms with Gasteiger partial charge in [0.25, 0.3) is 5.91 Å². The van der Waals surface area contributed by atoms with E-state index in [1.807, 2.05) is 0 Å². The third-order valence-corrected chi connectivity index (χ3v) is 3.80. The van der Waals surface area contributed by atoms with Gasteiger partial charge in [-0.2, -0.15) is 0 Å². The van der Waals surface area contributed by atoms with E-state index in [0.29, 0.717) is 10.6 Å². The molecule has 1 fully saturated rings. The summed E-state index contributed by atoms with van der Waals surface area (Å²) < 4.78 is 0. The van der Waals surface area contributed by atoms with Crippen molar-refractivity contribution in [1.82, 2.24) is 10.3 Å². The SMILES string of the molecule is CCC1(NC(=O)c2cnc(N)c(Cl)c2)CCC1. The first-order chi connectivity index (χ1) is 8.06. The van der Waals surface area contributed by atoms with Gasteiger partial charge in [-0.25, -0.2) is 4.98 Å². The molecule has 0 bridgehead atoms. The minimum absolute atomic E-state index is 0.0229. The van der Waals surface area contributed by atoms with Crippen LogP contribution in [0.5, 0.6) is 0 Å². The van der Waals surface area contributed by atoms with Gasteiger partial charge < -0.3 is 11.1 Å². The molecular formula is C12H16ClN3O. The molecule has 1 aromatic rings. The van der Waals surface area contributed by atoms with Gasteiger partial charge in [0, 0.05) is 11.7 Å². The summed E-state index contributed by atoms with van der Waals surface area (Å²) >= 11 is 5.84. The lowest BCUT2D eigenvalue weighted by atomic mass is 9.74. The number of nitrogens with zero attached hydrogens (tertiary/aromatic N) is 1. The third-order valence-electron chi connectivity index (χ3n) is 3.50. The number of hydrogen-bond acceptors (Lipinski definition) is 3. The van der Waals surface area contributed by atoms with Gasteiger partial charge in [0.1, 0.15) is 5.82 Å². The molecule has 0 aromatic carbocycles. The zero-order valence-corrected chi connectivity index (χ0v) is 10.5. The molecule has 1 amide bonds. The highest BCUT2D eigenvalue weighted by atomic mass is 35.5. The van der Waals surface area contributed by atoms with Gasteiger partial charge >= 0.3 is 0 Å². The molecule has 1 heterocycles. The van der Waals surface area contributed by atoms with E-state index in [2.05, 4.69) is 17.2 Å². The number of pyridine rings is 1. The Bertz CT molecular complexity index is 438. The molecule has 1 saturated carbocycles. The number of carbonyl (C=O) groups is 1. The molecule has 0 aliphatic heterocycles. The summed E-state index contributed by atoms with van der Waals surface area (Å²) in [4.78, 5) is 15.9. The lowest BCUT2D eigenvalue weighted by molar-refractivity contribution is 0.0820. The van der Waals surface area contributed by atoms with Crippen molar-refractivity contribution in [3.05, 3.63) is 22.8 Å². The van der Waals surface area contributed by atoms with Crippen molar-refractivity contribution >= 4 is 23.3 Å². The standard InChI is InChI=1S/C12H16ClN3O/c1-2-12(4-3-5-12)16-11(17)8-6-9(13)10(14)15-7-8/h6-7H,2-5H2,1H3,(H2,14,15)(H,16,17). The highest BCUT2D eigenvalue weighted by molar-refractivity contribution is 6.33. The van der Waals surface area contributed by atoms with E-state index in [1.54, 1.807) is 6.07 Å². The first-order valence-corrected chi connectivity index (χ1v) is 6.18. The number of amides is 1. The molecular weight excluding hydrogens is 238 g/mol. The maximum atomic E-state index is 12.0. The van der Waals surface area contributed by atoms with Gasteiger partial charge in [0.2, 0.25) is 0 Å². The van der Waals surface area contributed by atoms with Gasteiger partial charge in [-0.15, -0.1) is 0 Å². The zero-order valence-electron chi connectivity index (χ0n) is 9.79. The molecule has 17 heavy (non-hydrogen) atoms. The van der Waals surface area contributed by atoms with E-state index in [-0.39, 0.29) is 17.3 Å². The fraction of sp³-hybridized carbons (Fsp3) is 0.500. The molecule has 0 radical (unpaired) electrons. The Morgan fingerprint density at radius 2 is 2.35 bits per heavy atom. The number of rotatable bonds is 3. The van der Waals surface area contributed by atoms with Crippen LogP contribution < -0.4 is 11.1 Å². The second-order valence-corrected chi connectivity index (χ2v) is 4.94. The molecule has 3 N–H and O–H groups in total. The first-order valence-electron chi connectivity index (χ1n) is 5.80. The number of aromatic nitrogens is 1. The molecule has 5 heteroatoms. The predicted molar refractivity (Wildman–Crippen MR) is 68.0 cm³/mol. The van der Waals surface area contributed by atoms with Crippen molar-refractivity contribution in [3.63, 3.8) is 0 Å². The van der Waals surface area contributed by atoms with Crippen molar-refractivity contribution in [1.29, 1.82) is 0 Å². The number of carbonyl (C=O) groups excluding carboxylic acids is 1. The minimum atomic E-state index is -0.124. The molecule has 2 rings (SSSR count). The van der Waals surface area contributed by atoms with Gasteiger partial charge in [0.05, 0.1) is 10.6 Å². The van der Waals surface area contributed by atoms with Crippen LogP contribution in [0.4, 0.5) is 5.82 Å². The summed E-state index contributed by atoms with van der Waals surface area (Å²) in [6, 6.07) is 1.56. The van der Waals surface area contributed by atoms with Crippen LogP contribution in [0.2, 0.25) is 5.02 Å². The Kier molecular flexibility index (Phi) is 3.24. The quantitative estimate of drug-likeness (QED) is 0.869. The summed E-state index contributed by atoms with van der Waals surface area (Å²) in [7, 11) is 0. The van der Waals surface area contributed by atoms with E-state index in [1.165, 1.54) is 12.6 Å². The fourth-order valence-corrected chi connectivity index (χ4v) is 2.22. The Morgan fingerprint density at radius 3 is 2.82 bits per heavy atom. The van der Waals surface area contributed by atoms with Gasteiger partial charge in [-0.05, 0) is 31.7 Å². The van der Waals surface area contributed by atoms with Crippen LogP contribution in [0.15, 0.2) is 12.3 Å². The smallest absolute Gasteiger partial charge is 0.253 e. The molecule has 0 unspecified atom stereocenters. The largest absolute Gasteiger partial charge is 0.382 e. The van der Waals surface area contributed by atoms with Crippen molar-refractivity contribution in [2.75, 3.05) is 5.73 Å². The van der Waals surface area contributed by atoms with Gasteiger partial charge in [-0.3, -0.25) is 4.79 Å². The van der Waals surface area contributed by atoms with E-state index in [9.17, 15) is 4.79 Å². The molecule has 92 valence electrons. The molecule has 1 aliphatic rings. The Labute approximate surface area is 106 Å². The fourth-order valence-electron chi connectivity index (χ4n) is 2.06. The number of nitrogens with one attached hydrogen (secondary N) is 1. The number of nitrogen functional groups attached to an aromatic ring is 1. The van der Waals surface area contributed by atoms with Crippen molar-refractivity contribution in [2.45, 2.75) is 38.1 Å². The van der Waals surface area contributed by atoms with Crippen LogP contribution in [0.1, 0.15) is 43.0 Å². The number of anilines is 1. The van der Waals surface area contributed by atoms with Crippen LogP contribution in [0.25, 0.3) is 0 Å². The summed E-state index contributed by atoms with van der Waals surface area (Å²) in [5.74, 6) is 0.123. The van der Waals surface area contributed by atoms with E-state index >= 15 is 0 Å². The maximum Gasteiger partial charge on any atom is 0.253 e. The zero-order chi connectivity index (χ0) is 12.5. The average Bonchev–Trinajstić information content (AvgIpc) is 2.27. The van der Waals surface area contributed by atoms with E-state index < -0.39 is 0 Å². The van der Waals surface area contributed by atoms with Crippen LogP contribution in [0.3, 0.4) is 0 Å². The summed E-state index contributed by atoms with van der Waals surface area (Å²) in [6.07, 6.45) is 5.68. The summed E-state index contributed by atoms with van der Waals surface area (Å²) in [5.41, 5.74) is 5.94. The topological polar surface area (TPSA) is 68.0 Å². The lowest BCUT2D eigenvalue weighted by Gasteiger charge is -2.42. The van der Waals surface area contributed by atoms with Gasteiger partial charge in [-0.1, -0.05) is 18.5 Å². The number of halogens is 1. The number of hydrogen-bond donors (Lipinski definition) is 2. The predicted octanol–water partition coefficient (Wildman–Crippen LogP) is 2.38. The Balaban J connectivity index is 2.11. The highest BCUT2D eigenvalue weighted by Crippen LogP contribution is 2.34. The first kappa shape index (κ1) is 12.2. The van der Waals surface area contributed by atoms with Crippen LogP contribution in [0, 0.1) is 0 Å². The molecule has 0 spiro atoms. The maximum absolute atomic E-state index is 12.0. The Hall–Kier alpha value is -1.29. The van der Waals surface area contributed by atoms with E-state index in [0.717, 1.165) is 19.3 Å². The van der Waals surface area contributed by atoms with Crippen molar-refractivity contribution < 1.29 is 4.79 Å². The number of nitrogens with two attached hydrogens (primary N) is 1. The second kappa shape index (κ2) is 4.53. The van der Waals surface area contributed by atoms with Gasteiger partial charge in [0.15, 0.2) is 0 Å². The molecule has 1 aromatic heterocycles. The van der Waals surface area contributed by atoms with Crippen LogP contribution in [-0.4, -0.2) is 16.4 Å². The monoisotopic (exact) mass is 253 g/mol. The highest BCUT2D eigenvalue weighted by Gasteiger charge is 2.36. The molecule has 0 saturated heterocycles. The minimum Gasteiger partial charge on any atom is -0.382 e. The Morgan fingerprint density at radius 1 is 1.65 bits per heavy atom. The van der Waals surface area contributed by atoms with Crippen molar-refractivity contribution in [2.24, 2.45) is 0 Å².